The highest BCUT2D eigenvalue weighted by Gasteiger charge is 2.39. The number of hydrogen-bond donors (Lipinski definition) is 0. The molecule has 0 N–H and O–H groups in total. The van der Waals surface area contributed by atoms with Gasteiger partial charge in [-0.2, -0.15) is 0 Å². The SMILES string of the molecule is CCO[Si](CCCCCCCCCCCc1ccc(-c2ccc(-c3ccc(-c4ccc(CC)s4)s3)s2)s1)(OCC)OCC. The van der Waals surface area contributed by atoms with E-state index in [0.29, 0.717) is 19.8 Å². The number of thiophene rings is 4. The lowest BCUT2D eigenvalue weighted by molar-refractivity contribution is 0.0706. The molecular formula is C35H50O3S4Si. The molecule has 0 bridgehead atoms. The van der Waals surface area contributed by atoms with Gasteiger partial charge in [0, 0.05) is 64.9 Å². The van der Waals surface area contributed by atoms with Crippen molar-refractivity contribution in [2.75, 3.05) is 19.8 Å². The molecule has 8 heteroatoms. The van der Waals surface area contributed by atoms with Crippen LogP contribution in [0.2, 0.25) is 6.04 Å². The van der Waals surface area contributed by atoms with Gasteiger partial charge in [-0.25, -0.2) is 0 Å². The summed E-state index contributed by atoms with van der Waals surface area (Å²) in [7, 11) is -2.45. The Bertz CT molecular complexity index is 1300. The fraction of sp³-hybridized carbons (Fsp3) is 0.543. The van der Waals surface area contributed by atoms with Gasteiger partial charge in [-0.05, 0) is 95.0 Å². The van der Waals surface area contributed by atoms with Crippen molar-refractivity contribution >= 4 is 54.2 Å². The van der Waals surface area contributed by atoms with Gasteiger partial charge in [0.25, 0.3) is 0 Å². The van der Waals surface area contributed by atoms with E-state index in [2.05, 4.69) is 55.5 Å². The van der Waals surface area contributed by atoms with Gasteiger partial charge < -0.3 is 13.3 Å². The maximum atomic E-state index is 5.98. The van der Waals surface area contributed by atoms with E-state index in [1.165, 1.54) is 96.8 Å². The van der Waals surface area contributed by atoms with Gasteiger partial charge in [-0.3, -0.25) is 0 Å². The number of aryl methyl sites for hydroxylation is 2. The summed E-state index contributed by atoms with van der Waals surface area (Å²) >= 11 is 7.76. The molecular weight excluding hydrogens is 625 g/mol. The molecule has 0 saturated heterocycles. The van der Waals surface area contributed by atoms with Crippen LogP contribution in [0.15, 0.2) is 48.5 Å². The van der Waals surface area contributed by atoms with E-state index in [1.807, 2.05) is 66.1 Å². The minimum Gasteiger partial charge on any atom is -0.374 e. The molecule has 43 heavy (non-hydrogen) atoms. The lowest BCUT2D eigenvalue weighted by Gasteiger charge is -2.28. The first-order valence-corrected chi connectivity index (χ1v) is 21.6. The summed E-state index contributed by atoms with van der Waals surface area (Å²) in [6, 6.07) is 19.4. The van der Waals surface area contributed by atoms with Gasteiger partial charge in [-0.15, -0.1) is 45.3 Å². The standard InChI is InChI=1S/C35H50O3S4Si/c1-5-28-19-21-30(39-28)32-23-25-34(41-32)35-26-24-33(42-35)31-22-20-29(40-31)18-16-14-12-10-9-11-13-15-17-27-43(36-6-2,37-7-3)38-8-4/h19-26H,5-18,27H2,1-4H3. The van der Waals surface area contributed by atoms with E-state index in [4.69, 9.17) is 13.3 Å². The fourth-order valence-electron chi connectivity index (χ4n) is 5.43. The van der Waals surface area contributed by atoms with E-state index in [9.17, 15) is 0 Å². The van der Waals surface area contributed by atoms with Crippen molar-refractivity contribution < 1.29 is 13.3 Å². The minimum absolute atomic E-state index is 0.669. The van der Waals surface area contributed by atoms with E-state index >= 15 is 0 Å². The predicted octanol–water partition coefficient (Wildman–Crippen LogP) is 12.6. The van der Waals surface area contributed by atoms with Crippen LogP contribution in [0.1, 0.15) is 95.2 Å². The normalized spacial score (nSPS) is 12.0. The predicted molar refractivity (Wildman–Crippen MR) is 194 cm³/mol. The van der Waals surface area contributed by atoms with Crippen LogP contribution >= 0.6 is 45.3 Å². The van der Waals surface area contributed by atoms with Crippen LogP contribution in [0.3, 0.4) is 0 Å². The molecule has 236 valence electrons. The fourth-order valence-corrected chi connectivity index (χ4v) is 12.4. The zero-order chi connectivity index (χ0) is 30.3. The molecule has 0 aliphatic rings. The average molecular weight is 675 g/mol. The van der Waals surface area contributed by atoms with Crippen molar-refractivity contribution in [3.8, 4) is 29.3 Å². The van der Waals surface area contributed by atoms with Crippen LogP contribution < -0.4 is 0 Å². The molecule has 4 rings (SSSR count). The topological polar surface area (TPSA) is 27.7 Å². The van der Waals surface area contributed by atoms with E-state index in [-0.39, 0.29) is 0 Å². The number of hydrogen-bond acceptors (Lipinski definition) is 7. The quantitative estimate of drug-likeness (QED) is 0.0613. The summed E-state index contributed by atoms with van der Waals surface area (Å²) in [6.45, 7) is 10.3. The molecule has 0 atom stereocenters. The highest BCUT2D eigenvalue weighted by atomic mass is 32.1. The van der Waals surface area contributed by atoms with Crippen molar-refractivity contribution in [1.82, 2.24) is 0 Å². The third kappa shape index (κ3) is 10.7. The van der Waals surface area contributed by atoms with Crippen LogP contribution in [0.5, 0.6) is 0 Å². The maximum Gasteiger partial charge on any atom is 0.500 e. The second-order valence-electron chi connectivity index (χ2n) is 10.9. The van der Waals surface area contributed by atoms with Gasteiger partial charge in [0.2, 0.25) is 0 Å². The molecule has 4 aromatic heterocycles. The molecule has 0 aliphatic carbocycles. The van der Waals surface area contributed by atoms with Crippen molar-refractivity contribution in [2.45, 2.75) is 104 Å². The Morgan fingerprint density at radius 3 is 1.26 bits per heavy atom. The summed E-state index contributed by atoms with van der Waals surface area (Å²) in [5.41, 5.74) is 0. The maximum absolute atomic E-state index is 5.98. The first-order valence-electron chi connectivity index (χ1n) is 16.4. The highest BCUT2D eigenvalue weighted by Crippen LogP contribution is 2.43. The highest BCUT2D eigenvalue weighted by molar-refractivity contribution is 7.28. The summed E-state index contributed by atoms with van der Waals surface area (Å²) in [5, 5.41) is 0. The van der Waals surface area contributed by atoms with Gasteiger partial charge >= 0.3 is 8.80 Å². The van der Waals surface area contributed by atoms with Gasteiger partial charge in [-0.1, -0.05) is 51.9 Å². The minimum atomic E-state index is -2.45. The van der Waals surface area contributed by atoms with Crippen molar-refractivity contribution in [1.29, 1.82) is 0 Å². The first kappa shape index (κ1) is 34.8. The van der Waals surface area contributed by atoms with Gasteiger partial charge in [0.05, 0.1) is 0 Å². The Hall–Kier alpha value is -1.10. The molecule has 3 nitrogen and oxygen atoms in total. The van der Waals surface area contributed by atoms with E-state index in [1.54, 1.807) is 0 Å². The second-order valence-corrected chi connectivity index (χ2v) is 18.1. The molecule has 0 unspecified atom stereocenters. The van der Waals surface area contributed by atoms with Crippen LogP contribution in [-0.4, -0.2) is 28.6 Å². The summed E-state index contributed by atoms with van der Waals surface area (Å²) in [5.74, 6) is 0. The Kier molecular flexibility index (Phi) is 15.2. The van der Waals surface area contributed by atoms with Crippen LogP contribution in [0.4, 0.5) is 0 Å². The zero-order valence-corrected chi connectivity index (χ0v) is 30.8. The lowest BCUT2D eigenvalue weighted by Crippen LogP contribution is -2.45. The van der Waals surface area contributed by atoms with Crippen molar-refractivity contribution in [3.05, 3.63) is 58.3 Å². The third-order valence-corrected chi connectivity index (χ3v) is 15.9. The largest absolute Gasteiger partial charge is 0.500 e. The zero-order valence-electron chi connectivity index (χ0n) is 26.6. The van der Waals surface area contributed by atoms with Crippen LogP contribution in [0, 0.1) is 0 Å². The smallest absolute Gasteiger partial charge is 0.374 e. The molecule has 0 spiro atoms. The second kappa shape index (κ2) is 18.8. The summed E-state index contributed by atoms with van der Waals surface area (Å²) < 4.78 is 17.9. The van der Waals surface area contributed by atoms with Gasteiger partial charge in [0.1, 0.15) is 0 Å². The van der Waals surface area contributed by atoms with Crippen LogP contribution in [-0.2, 0) is 26.1 Å². The molecule has 4 aromatic rings. The van der Waals surface area contributed by atoms with Gasteiger partial charge in [0.15, 0.2) is 0 Å². The molecule has 0 fully saturated rings. The first-order chi connectivity index (χ1) is 21.1. The Balaban J connectivity index is 1.09. The Morgan fingerprint density at radius 1 is 0.442 bits per heavy atom. The third-order valence-electron chi connectivity index (χ3n) is 7.61. The van der Waals surface area contributed by atoms with E-state index < -0.39 is 8.80 Å². The van der Waals surface area contributed by atoms with E-state index in [0.717, 1.165) is 18.9 Å². The molecule has 0 amide bonds. The monoisotopic (exact) mass is 674 g/mol. The van der Waals surface area contributed by atoms with Crippen molar-refractivity contribution in [2.24, 2.45) is 0 Å². The molecule has 0 aliphatic heterocycles. The van der Waals surface area contributed by atoms with Crippen molar-refractivity contribution in [3.63, 3.8) is 0 Å². The molecule has 0 saturated carbocycles. The number of rotatable bonds is 22. The summed E-state index contributed by atoms with van der Waals surface area (Å²) in [4.78, 5) is 11.3. The number of unbranched alkanes of at least 4 members (excludes halogenated alkanes) is 8. The molecule has 0 aromatic carbocycles. The Labute approximate surface area is 277 Å². The average Bonchev–Trinajstić information content (AvgIpc) is 3.82. The van der Waals surface area contributed by atoms with Crippen LogP contribution in [0.25, 0.3) is 29.3 Å². The Morgan fingerprint density at radius 2 is 0.814 bits per heavy atom. The molecule has 0 radical (unpaired) electrons. The summed E-state index contributed by atoms with van der Waals surface area (Å²) in [6.07, 6.45) is 14.1. The molecule has 4 heterocycles. The lowest BCUT2D eigenvalue weighted by atomic mass is 10.1.